The molecule has 0 unspecified atom stereocenters. The molecule has 0 aliphatic heterocycles. The maximum atomic E-state index is 6.44. The minimum absolute atomic E-state index is 0.00218. The normalized spacial score (nSPS) is 17.6. The maximum absolute atomic E-state index is 6.44. The minimum atomic E-state index is -0.362. The van der Waals surface area contributed by atoms with Gasteiger partial charge in [-0.3, -0.25) is 0 Å². The Bertz CT molecular complexity index is 253. The summed E-state index contributed by atoms with van der Waals surface area (Å²) in [6.07, 6.45) is 0. The molecule has 0 amide bonds. The van der Waals surface area contributed by atoms with Crippen molar-refractivity contribution in [3.05, 3.63) is 0 Å². The van der Waals surface area contributed by atoms with Gasteiger partial charge in [0.15, 0.2) is 0 Å². The van der Waals surface area contributed by atoms with Crippen molar-refractivity contribution in [2.75, 3.05) is 63.4 Å². The quantitative estimate of drug-likeness (QED) is 0.433. The summed E-state index contributed by atoms with van der Waals surface area (Å²) in [6.45, 7) is 0. The van der Waals surface area contributed by atoms with Crippen LogP contribution in [0.1, 0.15) is 0 Å². The molecular formula is C10H35BN6Si3. The fraction of sp³-hybridized carbons (Fsp3) is 1.00. The van der Waals surface area contributed by atoms with E-state index in [1.165, 1.54) is 0 Å². The van der Waals surface area contributed by atoms with E-state index in [-0.39, 0.29) is 36.2 Å². The van der Waals surface area contributed by atoms with Gasteiger partial charge in [-0.2, -0.15) is 0 Å². The molecule has 0 rings (SSSR count). The molecule has 0 heterocycles. The molecular weight excluding hydrogens is 299 g/mol. The van der Waals surface area contributed by atoms with Gasteiger partial charge in [0.25, 0.3) is 0 Å². The second-order valence-electron chi connectivity index (χ2n) is 6.93. The van der Waals surface area contributed by atoms with Crippen LogP contribution in [0.15, 0.2) is 0 Å². The Kier molecular flexibility index (Phi) is 9.02. The van der Waals surface area contributed by atoms with Crippen molar-refractivity contribution in [3.63, 3.8) is 0 Å². The minimum Gasteiger partial charge on any atom is -0.341 e. The largest absolute Gasteiger partial charge is 0.397 e. The zero-order valence-corrected chi connectivity index (χ0v) is 19.3. The van der Waals surface area contributed by atoms with Crippen molar-refractivity contribution in [2.24, 2.45) is 5.64 Å². The molecule has 10 heteroatoms. The first-order valence-electron chi connectivity index (χ1n) is 7.11. The van der Waals surface area contributed by atoms with Crippen LogP contribution in [-0.2, 0) is 0 Å². The highest BCUT2D eigenvalue weighted by Crippen LogP contribution is 2.13. The van der Waals surface area contributed by atoms with Crippen LogP contribution in [0.5, 0.6) is 0 Å². The van der Waals surface area contributed by atoms with Gasteiger partial charge >= 0.3 is 7.12 Å². The van der Waals surface area contributed by atoms with Crippen molar-refractivity contribution >= 4 is 36.2 Å². The summed E-state index contributed by atoms with van der Waals surface area (Å²) in [5, 5.41) is 0. The van der Waals surface area contributed by atoms with Crippen LogP contribution in [0, 0.1) is 0 Å². The predicted octanol–water partition coefficient (Wildman–Crippen LogP) is -4.03. The first kappa shape index (κ1) is 20.5. The molecule has 0 bridgehead atoms. The second-order valence-corrected chi connectivity index (χ2v) is 18.6. The highest BCUT2D eigenvalue weighted by atomic mass is 28.3. The van der Waals surface area contributed by atoms with Crippen molar-refractivity contribution < 1.29 is 0 Å². The van der Waals surface area contributed by atoms with Crippen molar-refractivity contribution in [1.82, 2.24) is 23.3 Å². The van der Waals surface area contributed by atoms with E-state index < -0.39 is 0 Å². The van der Waals surface area contributed by atoms with E-state index in [1.54, 1.807) is 0 Å². The summed E-state index contributed by atoms with van der Waals surface area (Å²) < 4.78 is 7.74. The summed E-state index contributed by atoms with van der Waals surface area (Å²) in [5.41, 5.74) is 6.44. The Labute approximate surface area is 133 Å². The fourth-order valence-electron chi connectivity index (χ4n) is 2.88. The average molecular weight is 335 g/mol. The molecule has 0 spiro atoms. The first-order chi connectivity index (χ1) is 9.01. The Morgan fingerprint density at radius 1 is 0.700 bits per heavy atom. The van der Waals surface area contributed by atoms with Crippen LogP contribution < -0.4 is 5.64 Å². The van der Waals surface area contributed by atoms with E-state index in [1.807, 2.05) is 0 Å². The monoisotopic (exact) mass is 334 g/mol. The molecule has 0 saturated heterocycles. The number of rotatable bonds is 9. The third kappa shape index (κ3) is 6.49. The zero-order chi connectivity index (χ0) is 16.1. The van der Waals surface area contributed by atoms with Gasteiger partial charge in [0, 0.05) is 4.41 Å². The predicted molar refractivity (Wildman–Crippen MR) is 101 cm³/mol. The second kappa shape index (κ2) is 8.81. The summed E-state index contributed by atoms with van der Waals surface area (Å²) in [6, 6.07) is 0. The topological polar surface area (TPSA) is 42.2 Å². The van der Waals surface area contributed by atoms with Crippen molar-refractivity contribution in [3.8, 4) is 0 Å². The molecule has 0 aliphatic rings. The van der Waals surface area contributed by atoms with Gasteiger partial charge in [0.2, 0.25) is 0 Å². The SMILES string of the molecule is CN(C)[SiH2]C([SiH2]N(C)C)([SiH2]N(C)C)N(C)B(N)N(C)C. The molecule has 0 aromatic heterocycles. The van der Waals surface area contributed by atoms with E-state index in [9.17, 15) is 0 Å². The zero-order valence-electron chi connectivity index (χ0n) is 15.0. The Hall–Kier alpha value is 0.476. The maximum Gasteiger partial charge on any atom is 0.397 e. The molecule has 0 aromatic carbocycles. The third-order valence-electron chi connectivity index (χ3n) is 3.51. The van der Waals surface area contributed by atoms with Crippen LogP contribution in [0.25, 0.3) is 0 Å². The Morgan fingerprint density at radius 2 is 1.00 bits per heavy atom. The van der Waals surface area contributed by atoms with E-state index in [0.29, 0.717) is 4.41 Å². The number of nitrogens with zero attached hydrogens (tertiary/aromatic N) is 5. The fourth-order valence-corrected chi connectivity index (χ4v) is 16.9. The van der Waals surface area contributed by atoms with Gasteiger partial charge < -0.3 is 29.0 Å². The smallest absolute Gasteiger partial charge is 0.341 e. The lowest BCUT2D eigenvalue weighted by molar-refractivity contribution is 0.413. The standard InChI is InChI=1S/C10H35BN6Si3/c1-13(2)11(12)17(9)10(18-14(3)4,19-15(5)6)20-16(7)8/h12,18-20H2,1-9H3. The molecule has 0 saturated carbocycles. The van der Waals surface area contributed by atoms with E-state index in [0.717, 1.165) is 0 Å². The van der Waals surface area contributed by atoms with Gasteiger partial charge in [0.1, 0.15) is 29.0 Å². The first-order valence-corrected chi connectivity index (χ1v) is 11.1. The van der Waals surface area contributed by atoms with E-state index in [2.05, 4.69) is 86.7 Å². The van der Waals surface area contributed by atoms with Gasteiger partial charge in [-0.1, -0.05) is 0 Å². The molecule has 2 N–H and O–H groups in total. The molecule has 0 aromatic rings. The number of nitrogens with two attached hydrogens (primary N) is 1. The van der Waals surface area contributed by atoms with Gasteiger partial charge in [-0.25, -0.2) is 0 Å². The molecule has 0 aliphatic carbocycles. The van der Waals surface area contributed by atoms with Gasteiger partial charge in [-0.05, 0) is 63.4 Å². The lowest BCUT2D eigenvalue weighted by Gasteiger charge is -2.48. The van der Waals surface area contributed by atoms with Crippen LogP contribution in [0.3, 0.4) is 0 Å². The highest BCUT2D eigenvalue weighted by Gasteiger charge is 2.42. The number of hydrogen-bond acceptors (Lipinski definition) is 6. The van der Waals surface area contributed by atoms with E-state index >= 15 is 0 Å². The molecule has 0 atom stereocenters. The molecule has 20 heavy (non-hydrogen) atoms. The lowest BCUT2D eigenvalue weighted by atomic mass is 9.92. The van der Waals surface area contributed by atoms with Crippen molar-refractivity contribution in [1.29, 1.82) is 0 Å². The Balaban J connectivity index is 5.44. The lowest BCUT2D eigenvalue weighted by Crippen LogP contribution is -2.75. The van der Waals surface area contributed by atoms with Crippen LogP contribution >= 0.6 is 0 Å². The van der Waals surface area contributed by atoms with Crippen molar-refractivity contribution in [2.45, 2.75) is 4.41 Å². The van der Waals surface area contributed by atoms with Gasteiger partial charge in [0.05, 0.1) is 0 Å². The molecule has 6 nitrogen and oxygen atoms in total. The summed E-state index contributed by atoms with van der Waals surface area (Å²) in [7, 11) is 18.6. The highest BCUT2D eigenvalue weighted by molar-refractivity contribution is 6.79. The van der Waals surface area contributed by atoms with Crippen LogP contribution in [0.4, 0.5) is 0 Å². The molecule has 0 radical (unpaired) electrons. The summed E-state index contributed by atoms with van der Waals surface area (Å²) in [5.74, 6) is 0. The number of hydrogen-bond donors (Lipinski definition) is 1. The summed E-state index contributed by atoms with van der Waals surface area (Å²) in [4.78, 5) is 4.60. The Morgan fingerprint density at radius 3 is 1.20 bits per heavy atom. The summed E-state index contributed by atoms with van der Waals surface area (Å²) >= 11 is 0. The van der Waals surface area contributed by atoms with Crippen LogP contribution in [-0.4, -0.2) is 127 Å². The average Bonchev–Trinajstić information content (AvgIpc) is 2.23. The van der Waals surface area contributed by atoms with E-state index in [4.69, 9.17) is 5.64 Å². The molecule has 120 valence electrons. The third-order valence-corrected chi connectivity index (χ3v) is 12.7. The van der Waals surface area contributed by atoms with Crippen LogP contribution in [0.2, 0.25) is 0 Å². The van der Waals surface area contributed by atoms with Gasteiger partial charge in [-0.15, -0.1) is 0 Å². The molecule has 0 fully saturated rings.